The Balaban J connectivity index is 1.81. The lowest BCUT2D eigenvalue weighted by molar-refractivity contribution is 0.0393. The van der Waals surface area contributed by atoms with Crippen molar-refractivity contribution in [1.82, 2.24) is 14.9 Å². The van der Waals surface area contributed by atoms with Crippen LogP contribution in [0.4, 0.5) is 0 Å². The van der Waals surface area contributed by atoms with Crippen molar-refractivity contribution in [1.29, 1.82) is 0 Å². The number of carbonyl (C=O) groups excluding carboxylic acids is 1. The van der Waals surface area contributed by atoms with E-state index >= 15 is 0 Å². The van der Waals surface area contributed by atoms with Crippen molar-refractivity contribution in [2.45, 2.75) is 20.0 Å². The molecule has 0 saturated carbocycles. The van der Waals surface area contributed by atoms with E-state index < -0.39 is 5.97 Å². The monoisotopic (exact) mass is 461 g/mol. The van der Waals surface area contributed by atoms with Crippen LogP contribution in [0.25, 0.3) is 10.2 Å². The summed E-state index contributed by atoms with van der Waals surface area (Å²) in [5, 5.41) is 0.412. The Labute approximate surface area is 189 Å². The number of fused-ring (bicyclic) bond motifs is 1. The highest BCUT2D eigenvalue weighted by molar-refractivity contribution is 7.20. The quantitative estimate of drug-likeness (QED) is 0.363. The second-order valence-electron chi connectivity index (χ2n) is 7.20. The Morgan fingerprint density at radius 3 is 2.62 bits per heavy atom. The third-order valence-corrected chi connectivity index (χ3v) is 6.07. The molecule has 0 fully saturated rings. The standard InChI is InChI=1S/C22H27N3O6S/c1-13-17-20(26)23-16(24-21(17)32-19(13)22(27)31-10-9-28-3)12-25(2)11-14-7-6-8-15(29-4)18(14)30-5/h6-8H,9-12H2,1-5H3,(H,23,24,26). The van der Waals surface area contributed by atoms with E-state index in [4.69, 9.17) is 18.9 Å². The SMILES string of the molecule is COCCOC(=O)c1sc2nc(CN(C)Cc3cccc(OC)c3OC)[nH]c(=O)c2c1C. The highest BCUT2D eigenvalue weighted by atomic mass is 32.1. The van der Waals surface area contributed by atoms with Gasteiger partial charge in [0.25, 0.3) is 5.56 Å². The molecule has 0 aliphatic heterocycles. The number of para-hydroxylation sites is 1. The topological polar surface area (TPSA) is 103 Å². The summed E-state index contributed by atoms with van der Waals surface area (Å²) in [5.74, 6) is 1.35. The van der Waals surface area contributed by atoms with E-state index in [1.165, 1.54) is 7.11 Å². The molecule has 3 aromatic rings. The van der Waals surface area contributed by atoms with Gasteiger partial charge < -0.3 is 23.9 Å². The Kier molecular flexibility index (Phi) is 7.84. The number of thiophene rings is 1. The highest BCUT2D eigenvalue weighted by Gasteiger charge is 2.21. The minimum absolute atomic E-state index is 0.149. The molecule has 0 atom stereocenters. The Bertz CT molecular complexity index is 1160. The van der Waals surface area contributed by atoms with Crippen LogP contribution >= 0.6 is 11.3 Å². The maximum atomic E-state index is 12.7. The zero-order valence-electron chi connectivity index (χ0n) is 18.8. The van der Waals surface area contributed by atoms with Gasteiger partial charge in [-0.1, -0.05) is 12.1 Å². The van der Waals surface area contributed by atoms with E-state index in [1.807, 2.05) is 30.1 Å². The molecule has 0 saturated heterocycles. The van der Waals surface area contributed by atoms with E-state index in [9.17, 15) is 9.59 Å². The molecule has 3 rings (SSSR count). The number of methoxy groups -OCH3 is 3. The number of carbonyl (C=O) groups is 1. The van der Waals surface area contributed by atoms with E-state index in [1.54, 1.807) is 21.1 Å². The molecular formula is C22H27N3O6S. The molecule has 9 nitrogen and oxygen atoms in total. The van der Waals surface area contributed by atoms with Gasteiger partial charge in [0.05, 0.1) is 32.8 Å². The van der Waals surface area contributed by atoms with Crippen molar-refractivity contribution in [3.8, 4) is 11.5 Å². The molecule has 0 amide bonds. The third kappa shape index (κ3) is 5.09. The summed E-state index contributed by atoms with van der Waals surface area (Å²) < 4.78 is 20.9. The van der Waals surface area contributed by atoms with Gasteiger partial charge in [0.2, 0.25) is 0 Å². The zero-order valence-corrected chi connectivity index (χ0v) is 19.6. The number of hydrogen-bond donors (Lipinski definition) is 1. The molecule has 0 aliphatic carbocycles. The van der Waals surface area contributed by atoms with Crippen molar-refractivity contribution in [2.75, 3.05) is 41.6 Å². The number of H-pyrrole nitrogens is 1. The van der Waals surface area contributed by atoms with Gasteiger partial charge in [-0.25, -0.2) is 9.78 Å². The van der Waals surface area contributed by atoms with Crippen LogP contribution in [0.3, 0.4) is 0 Å². The first kappa shape index (κ1) is 23.7. The van der Waals surface area contributed by atoms with Crippen LogP contribution in [-0.4, -0.2) is 62.4 Å². The molecule has 172 valence electrons. The highest BCUT2D eigenvalue weighted by Crippen LogP contribution is 2.31. The summed E-state index contributed by atoms with van der Waals surface area (Å²) in [6, 6.07) is 5.70. The second-order valence-corrected chi connectivity index (χ2v) is 8.20. The summed E-state index contributed by atoms with van der Waals surface area (Å²) in [5.41, 5.74) is 1.25. The lowest BCUT2D eigenvalue weighted by Gasteiger charge is -2.19. The fourth-order valence-corrected chi connectivity index (χ4v) is 4.52. The maximum Gasteiger partial charge on any atom is 0.348 e. The number of ether oxygens (including phenoxy) is 4. The van der Waals surface area contributed by atoms with Crippen LogP contribution in [0.2, 0.25) is 0 Å². The van der Waals surface area contributed by atoms with E-state index in [-0.39, 0.29) is 12.2 Å². The lowest BCUT2D eigenvalue weighted by Crippen LogP contribution is -2.22. The van der Waals surface area contributed by atoms with Crippen LogP contribution in [0, 0.1) is 6.92 Å². The number of rotatable bonds is 10. The summed E-state index contributed by atoms with van der Waals surface area (Å²) in [6.07, 6.45) is 0. The predicted molar refractivity (Wildman–Crippen MR) is 122 cm³/mol. The normalized spacial score (nSPS) is 11.2. The van der Waals surface area contributed by atoms with Crippen molar-refractivity contribution in [3.63, 3.8) is 0 Å². The first-order valence-electron chi connectivity index (χ1n) is 9.96. The molecular weight excluding hydrogens is 434 g/mol. The minimum Gasteiger partial charge on any atom is -0.493 e. The van der Waals surface area contributed by atoms with Gasteiger partial charge in [0, 0.05) is 19.2 Å². The predicted octanol–water partition coefficient (Wildman–Crippen LogP) is 2.75. The second kappa shape index (κ2) is 10.6. The van der Waals surface area contributed by atoms with Crippen molar-refractivity contribution in [3.05, 3.63) is 50.4 Å². The van der Waals surface area contributed by atoms with Gasteiger partial charge in [-0.05, 0) is 25.6 Å². The molecule has 0 spiro atoms. The largest absolute Gasteiger partial charge is 0.493 e. The fourth-order valence-electron chi connectivity index (χ4n) is 3.42. The number of aromatic amines is 1. The Hall–Kier alpha value is -2.95. The molecule has 1 N–H and O–H groups in total. The van der Waals surface area contributed by atoms with Crippen LogP contribution in [0.1, 0.15) is 26.6 Å². The maximum absolute atomic E-state index is 12.7. The van der Waals surface area contributed by atoms with Crippen LogP contribution in [-0.2, 0) is 22.6 Å². The summed E-state index contributed by atoms with van der Waals surface area (Å²) in [6.45, 7) is 3.14. The molecule has 0 bridgehead atoms. The number of nitrogens with zero attached hydrogens (tertiary/aromatic N) is 2. The smallest absolute Gasteiger partial charge is 0.348 e. The molecule has 0 aliphatic rings. The van der Waals surface area contributed by atoms with Gasteiger partial charge >= 0.3 is 5.97 Å². The van der Waals surface area contributed by atoms with Crippen molar-refractivity contribution < 1.29 is 23.7 Å². The first-order valence-corrected chi connectivity index (χ1v) is 10.8. The summed E-state index contributed by atoms with van der Waals surface area (Å²) >= 11 is 1.16. The lowest BCUT2D eigenvalue weighted by atomic mass is 10.1. The van der Waals surface area contributed by atoms with E-state index in [2.05, 4.69) is 9.97 Å². The first-order chi connectivity index (χ1) is 15.4. The molecule has 2 heterocycles. The number of hydrogen-bond acceptors (Lipinski definition) is 9. The number of benzene rings is 1. The van der Waals surface area contributed by atoms with Gasteiger partial charge in [-0.3, -0.25) is 9.69 Å². The fraction of sp³-hybridized carbons (Fsp3) is 0.409. The molecule has 0 unspecified atom stereocenters. The number of aryl methyl sites for hydroxylation is 1. The van der Waals surface area contributed by atoms with Crippen LogP contribution in [0.15, 0.2) is 23.0 Å². The molecule has 2 aromatic heterocycles. The zero-order chi connectivity index (χ0) is 23.3. The number of nitrogens with one attached hydrogen (secondary N) is 1. The molecule has 32 heavy (non-hydrogen) atoms. The number of aromatic nitrogens is 2. The Morgan fingerprint density at radius 2 is 1.94 bits per heavy atom. The van der Waals surface area contributed by atoms with Crippen LogP contribution < -0.4 is 15.0 Å². The van der Waals surface area contributed by atoms with Crippen molar-refractivity contribution >= 4 is 27.5 Å². The summed E-state index contributed by atoms with van der Waals surface area (Å²) in [4.78, 5) is 35.4. The van der Waals surface area contributed by atoms with Crippen molar-refractivity contribution in [2.24, 2.45) is 0 Å². The van der Waals surface area contributed by atoms with E-state index in [0.717, 1.165) is 16.9 Å². The van der Waals surface area contributed by atoms with Gasteiger partial charge in [-0.2, -0.15) is 0 Å². The van der Waals surface area contributed by atoms with E-state index in [0.29, 0.717) is 57.7 Å². The summed E-state index contributed by atoms with van der Waals surface area (Å²) in [7, 11) is 6.65. The van der Waals surface area contributed by atoms with Crippen LogP contribution in [0.5, 0.6) is 11.5 Å². The Morgan fingerprint density at radius 1 is 1.16 bits per heavy atom. The minimum atomic E-state index is -0.481. The molecule has 0 radical (unpaired) electrons. The van der Waals surface area contributed by atoms with Gasteiger partial charge in [0.1, 0.15) is 22.1 Å². The van der Waals surface area contributed by atoms with Gasteiger partial charge in [-0.15, -0.1) is 11.3 Å². The average Bonchev–Trinajstić information content (AvgIpc) is 3.10. The molecule has 10 heteroatoms. The van der Waals surface area contributed by atoms with Gasteiger partial charge in [0.15, 0.2) is 11.5 Å². The average molecular weight is 462 g/mol. The number of esters is 1. The third-order valence-electron chi connectivity index (χ3n) is 4.90. The molecule has 1 aromatic carbocycles.